The third-order valence-corrected chi connectivity index (χ3v) is 5.44. The summed E-state index contributed by atoms with van der Waals surface area (Å²) in [6, 6.07) is 12.3. The fourth-order valence-electron chi connectivity index (χ4n) is 3.35. The Morgan fingerprint density at radius 1 is 0.757 bits per heavy atom. The first-order chi connectivity index (χ1) is 17.5. The van der Waals surface area contributed by atoms with Crippen molar-refractivity contribution >= 4 is 44.9 Å². The van der Waals surface area contributed by atoms with Crippen molar-refractivity contribution in [3.63, 3.8) is 0 Å². The highest BCUT2D eigenvalue weighted by molar-refractivity contribution is 9.10. The molecule has 8 nitrogen and oxygen atoms in total. The first-order valence-electron chi connectivity index (χ1n) is 11.3. The number of aromatic nitrogens is 4. The fourth-order valence-corrected chi connectivity index (χ4v) is 3.83. The van der Waals surface area contributed by atoms with Crippen LogP contribution in [0.25, 0.3) is 0 Å². The largest absolute Gasteiger partial charge is 0.481 e. The highest BCUT2D eigenvalue weighted by Gasteiger charge is 2.05. The van der Waals surface area contributed by atoms with E-state index in [0.717, 1.165) is 21.4 Å². The standard InChI is InChI=1S/C13H14BrN3O.C8H11N.C6H7ClN2O/c1-8-4-9(2)6-10(5-8)16-13-15-7-11(14)12(17-13)18-3;1-6-3-7(2)5-8(9)4-6;1-4-3-8-6(7)9-5(4)10-2/h4-7H,1-3H3,(H,15,16,17);3-5H,9H2,1-2H3;3H,1-2H3. The molecule has 0 atom stereocenters. The molecule has 0 aliphatic carbocycles. The van der Waals surface area contributed by atoms with E-state index in [-0.39, 0.29) is 5.28 Å². The first kappa shape index (κ1) is 29.8. The number of nitrogens with zero attached hydrogens (tertiary/aromatic N) is 4. The lowest BCUT2D eigenvalue weighted by molar-refractivity contribution is 0.393. The van der Waals surface area contributed by atoms with Crippen LogP contribution in [0.15, 0.2) is 53.3 Å². The molecular formula is C27H32BrClN6O2. The Bertz CT molecular complexity index is 1270. The van der Waals surface area contributed by atoms with Gasteiger partial charge in [-0.3, -0.25) is 0 Å². The molecule has 0 amide bonds. The van der Waals surface area contributed by atoms with Gasteiger partial charge in [0.05, 0.1) is 24.9 Å². The number of nitrogens with two attached hydrogens (primary N) is 1. The van der Waals surface area contributed by atoms with E-state index >= 15 is 0 Å². The summed E-state index contributed by atoms with van der Waals surface area (Å²) in [4.78, 5) is 16.0. The number of anilines is 3. The number of halogens is 2. The minimum Gasteiger partial charge on any atom is -0.481 e. The molecule has 3 N–H and O–H groups in total. The van der Waals surface area contributed by atoms with Gasteiger partial charge in [-0.1, -0.05) is 12.1 Å². The lowest BCUT2D eigenvalue weighted by Gasteiger charge is -2.08. The summed E-state index contributed by atoms with van der Waals surface area (Å²) in [6.07, 6.45) is 3.28. The van der Waals surface area contributed by atoms with Gasteiger partial charge in [0, 0.05) is 23.1 Å². The summed E-state index contributed by atoms with van der Waals surface area (Å²) >= 11 is 8.81. The van der Waals surface area contributed by atoms with E-state index in [0.29, 0.717) is 17.7 Å². The molecule has 0 aliphatic rings. The second kappa shape index (κ2) is 14.3. The van der Waals surface area contributed by atoms with E-state index in [1.807, 2.05) is 45.0 Å². The minimum atomic E-state index is 0.211. The Morgan fingerprint density at radius 2 is 1.30 bits per heavy atom. The van der Waals surface area contributed by atoms with Gasteiger partial charge in [0.1, 0.15) is 0 Å². The number of benzene rings is 2. The normalized spacial score (nSPS) is 9.86. The summed E-state index contributed by atoms with van der Waals surface area (Å²) in [5.74, 6) is 1.55. The van der Waals surface area contributed by atoms with Gasteiger partial charge in [0.15, 0.2) is 0 Å². The number of rotatable bonds is 4. The number of methoxy groups -OCH3 is 2. The van der Waals surface area contributed by atoms with Gasteiger partial charge >= 0.3 is 0 Å². The van der Waals surface area contributed by atoms with Crippen molar-refractivity contribution in [1.82, 2.24) is 19.9 Å². The SMILES string of the molecule is COc1nc(Cl)ncc1C.COc1nc(Nc2cc(C)cc(C)c2)ncc1Br.Cc1cc(C)cc(N)c1. The smallest absolute Gasteiger partial charge is 0.232 e. The molecule has 0 radical (unpaired) electrons. The van der Waals surface area contributed by atoms with E-state index < -0.39 is 0 Å². The van der Waals surface area contributed by atoms with Gasteiger partial charge in [0.2, 0.25) is 23.0 Å². The molecular weight excluding hydrogens is 556 g/mol. The van der Waals surface area contributed by atoms with Gasteiger partial charge in [-0.15, -0.1) is 0 Å². The molecule has 196 valence electrons. The molecule has 0 aliphatic heterocycles. The number of nitrogen functional groups attached to an aromatic ring is 1. The first-order valence-corrected chi connectivity index (χ1v) is 12.5. The van der Waals surface area contributed by atoms with Crippen LogP contribution in [0.1, 0.15) is 27.8 Å². The number of ether oxygens (including phenoxy) is 2. The van der Waals surface area contributed by atoms with Crippen LogP contribution in [0, 0.1) is 34.6 Å². The van der Waals surface area contributed by atoms with Crippen LogP contribution in [-0.4, -0.2) is 34.2 Å². The molecule has 0 saturated heterocycles. The maximum atomic E-state index is 5.56. The predicted octanol–water partition coefficient (Wildman–Crippen LogP) is 6.94. The summed E-state index contributed by atoms with van der Waals surface area (Å²) in [5, 5.41) is 3.38. The molecule has 0 saturated carbocycles. The Morgan fingerprint density at radius 3 is 1.78 bits per heavy atom. The monoisotopic (exact) mass is 586 g/mol. The minimum absolute atomic E-state index is 0.211. The van der Waals surface area contributed by atoms with Gasteiger partial charge in [-0.2, -0.15) is 9.97 Å². The quantitative estimate of drug-likeness (QED) is 0.195. The van der Waals surface area contributed by atoms with Crippen molar-refractivity contribution < 1.29 is 9.47 Å². The predicted molar refractivity (Wildman–Crippen MR) is 154 cm³/mol. The Hall–Kier alpha value is -3.43. The van der Waals surface area contributed by atoms with Crippen molar-refractivity contribution in [2.75, 3.05) is 25.3 Å². The Kier molecular flexibility index (Phi) is 11.6. The van der Waals surface area contributed by atoms with Crippen LogP contribution in [0.4, 0.5) is 17.3 Å². The second-order valence-corrected chi connectivity index (χ2v) is 9.50. The molecule has 0 spiro atoms. The maximum absolute atomic E-state index is 5.56. The Balaban J connectivity index is 0.000000214. The zero-order valence-corrected chi connectivity index (χ0v) is 24.4. The van der Waals surface area contributed by atoms with Crippen molar-refractivity contribution in [1.29, 1.82) is 0 Å². The highest BCUT2D eigenvalue weighted by atomic mass is 79.9. The van der Waals surface area contributed by atoms with E-state index in [2.05, 4.69) is 67.2 Å². The molecule has 2 aromatic carbocycles. The van der Waals surface area contributed by atoms with E-state index in [1.54, 1.807) is 26.6 Å². The molecule has 0 fully saturated rings. The zero-order valence-electron chi connectivity index (χ0n) is 22.1. The van der Waals surface area contributed by atoms with Gasteiger partial charge in [-0.05, 0) is 109 Å². The lowest BCUT2D eigenvalue weighted by Crippen LogP contribution is -1.99. The Labute approximate surface area is 231 Å². The average Bonchev–Trinajstić information content (AvgIpc) is 2.81. The van der Waals surface area contributed by atoms with Gasteiger partial charge in [-0.25, -0.2) is 9.97 Å². The zero-order chi connectivity index (χ0) is 27.5. The third kappa shape index (κ3) is 10.2. The third-order valence-electron chi connectivity index (χ3n) is 4.72. The molecule has 4 aromatic rings. The molecule has 2 heterocycles. The summed E-state index contributed by atoms with van der Waals surface area (Å²) in [5.41, 5.74) is 13.1. The van der Waals surface area contributed by atoms with Crippen molar-refractivity contribution in [2.24, 2.45) is 0 Å². The maximum Gasteiger partial charge on any atom is 0.232 e. The molecule has 4 rings (SSSR count). The van der Waals surface area contributed by atoms with Crippen LogP contribution >= 0.6 is 27.5 Å². The summed E-state index contributed by atoms with van der Waals surface area (Å²) < 4.78 is 10.8. The molecule has 0 unspecified atom stereocenters. The lowest BCUT2D eigenvalue weighted by atomic mass is 10.1. The number of nitrogens with one attached hydrogen (secondary N) is 1. The van der Waals surface area contributed by atoms with E-state index in [4.69, 9.17) is 26.8 Å². The molecule has 37 heavy (non-hydrogen) atoms. The topological polar surface area (TPSA) is 108 Å². The highest BCUT2D eigenvalue weighted by Crippen LogP contribution is 2.24. The fraction of sp³-hybridized carbons (Fsp3) is 0.259. The van der Waals surface area contributed by atoms with Crippen molar-refractivity contribution in [3.05, 3.63) is 86.4 Å². The van der Waals surface area contributed by atoms with Crippen LogP contribution in [0.2, 0.25) is 5.28 Å². The number of hydrogen-bond donors (Lipinski definition) is 2. The molecule has 2 aromatic heterocycles. The number of hydrogen-bond acceptors (Lipinski definition) is 8. The van der Waals surface area contributed by atoms with Crippen LogP contribution in [0.3, 0.4) is 0 Å². The van der Waals surface area contributed by atoms with E-state index in [1.165, 1.54) is 22.3 Å². The second-order valence-electron chi connectivity index (χ2n) is 8.30. The van der Waals surface area contributed by atoms with Crippen molar-refractivity contribution in [2.45, 2.75) is 34.6 Å². The van der Waals surface area contributed by atoms with Crippen LogP contribution < -0.4 is 20.5 Å². The van der Waals surface area contributed by atoms with Crippen LogP contribution in [-0.2, 0) is 0 Å². The van der Waals surface area contributed by atoms with Gasteiger partial charge in [0.25, 0.3) is 0 Å². The summed E-state index contributed by atoms with van der Waals surface area (Å²) in [7, 11) is 3.12. The van der Waals surface area contributed by atoms with Gasteiger partial charge < -0.3 is 20.5 Å². The summed E-state index contributed by atoms with van der Waals surface area (Å²) in [6.45, 7) is 10.1. The number of aryl methyl sites for hydroxylation is 5. The molecule has 10 heteroatoms. The van der Waals surface area contributed by atoms with E-state index in [9.17, 15) is 0 Å². The van der Waals surface area contributed by atoms with Crippen molar-refractivity contribution in [3.8, 4) is 11.8 Å². The molecule has 0 bridgehead atoms. The average molecular weight is 588 g/mol. The van der Waals surface area contributed by atoms with Crippen LogP contribution in [0.5, 0.6) is 11.8 Å².